The summed E-state index contributed by atoms with van der Waals surface area (Å²) in [5, 5.41) is 38.3. The van der Waals surface area contributed by atoms with Gasteiger partial charge in [-0.25, -0.2) is 0 Å². The van der Waals surface area contributed by atoms with Gasteiger partial charge in [0.2, 0.25) is 23.6 Å². The van der Waals surface area contributed by atoms with Crippen molar-refractivity contribution in [2.45, 2.75) is 153 Å². The highest BCUT2D eigenvalue weighted by atomic mass is 16.2. The van der Waals surface area contributed by atoms with Crippen LogP contribution in [0.3, 0.4) is 0 Å². The number of ketones is 2. The van der Waals surface area contributed by atoms with Crippen LogP contribution in [0.2, 0.25) is 0 Å². The number of carbonyl (C=O) groups is 6. The van der Waals surface area contributed by atoms with Crippen molar-refractivity contribution in [1.29, 1.82) is 0 Å². The van der Waals surface area contributed by atoms with Gasteiger partial charge in [-0.3, -0.25) is 28.8 Å². The third-order valence-corrected chi connectivity index (χ3v) is 12.2. The minimum absolute atomic E-state index is 0.0149. The molecular weight excluding hydrogens is 959 g/mol. The molecule has 440 valence electrons. The zero-order chi connectivity index (χ0) is 55.1. The van der Waals surface area contributed by atoms with Crippen LogP contribution in [0.4, 0.5) is 0 Å². The van der Waals surface area contributed by atoms with E-state index in [9.17, 15) is 28.8 Å². The SMILES string of the molecule is NCCCNCCCCNCCCC(=O)CC(N)C(=O)NCCCNCCCCNCCCNC(=O)CC(N)C(=O)NCCCNCCCCNCCCNC(=O)C(N)CC(=O)CCCNCCCCNCCCN. The zero-order valence-electron chi connectivity index (χ0n) is 46.5. The van der Waals surface area contributed by atoms with Crippen LogP contribution in [0.5, 0.6) is 0 Å². The summed E-state index contributed by atoms with van der Waals surface area (Å²) in [5.74, 6) is -1.11. The molecule has 0 saturated heterocycles. The van der Waals surface area contributed by atoms with Crippen molar-refractivity contribution in [3.8, 4) is 0 Å². The van der Waals surface area contributed by atoms with Crippen molar-refractivity contribution < 1.29 is 28.8 Å². The molecule has 0 aromatic carbocycles. The third kappa shape index (κ3) is 51.2. The van der Waals surface area contributed by atoms with E-state index in [1.165, 1.54) is 0 Å². The number of nitrogens with two attached hydrogens (primary N) is 5. The van der Waals surface area contributed by atoms with Crippen LogP contribution in [0, 0.1) is 0 Å². The molecule has 0 fully saturated rings. The molecule has 0 aliphatic heterocycles. The summed E-state index contributed by atoms with van der Waals surface area (Å²) in [6, 6.07) is -2.52. The molecule has 22 N–H and O–H groups in total. The molecule has 23 nitrogen and oxygen atoms in total. The number of nitrogens with one attached hydrogen (secondary N) is 12. The van der Waals surface area contributed by atoms with Gasteiger partial charge in [-0.2, -0.15) is 0 Å². The quantitative estimate of drug-likeness (QED) is 0.0278. The minimum atomic E-state index is -0.895. The smallest absolute Gasteiger partial charge is 0.237 e. The maximum Gasteiger partial charge on any atom is 0.237 e. The molecule has 75 heavy (non-hydrogen) atoms. The highest BCUT2D eigenvalue weighted by Gasteiger charge is 2.19. The van der Waals surface area contributed by atoms with Gasteiger partial charge in [0.1, 0.15) is 11.6 Å². The Bertz CT molecular complexity index is 1390. The molecule has 0 aromatic rings. The third-order valence-electron chi connectivity index (χ3n) is 12.2. The average Bonchev–Trinajstić information content (AvgIpc) is 3.39. The van der Waals surface area contributed by atoms with E-state index in [0.29, 0.717) is 52.1 Å². The zero-order valence-corrected chi connectivity index (χ0v) is 46.5. The number of Topliss-reactive ketones (excluding diaryl/α,β-unsaturated/α-hetero) is 2. The first-order valence-electron chi connectivity index (χ1n) is 29.0. The van der Waals surface area contributed by atoms with Crippen LogP contribution in [-0.4, -0.2) is 197 Å². The van der Waals surface area contributed by atoms with Crippen molar-refractivity contribution in [2.24, 2.45) is 28.7 Å². The summed E-state index contributed by atoms with van der Waals surface area (Å²) in [6.07, 6.45) is 15.8. The molecule has 0 aliphatic rings. The summed E-state index contributed by atoms with van der Waals surface area (Å²) >= 11 is 0. The Morgan fingerprint density at radius 3 is 0.773 bits per heavy atom. The number of carbonyl (C=O) groups excluding carboxylic acids is 6. The van der Waals surface area contributed by atoms with Crippen LogP contribution in [0.25, 0.3) is 0 Å². The average molecular weight is 1070 g/mol. The molecule has 0 spiro atoms. The van der Waals surface area contributed by atoms with Gasteiger partial charge in [0.05, 0.1) is 24.5 Å². The van der Waals surface area contributed by atoms with Crippen molar-refractivity contribution >= 4 is 35.2 Å². The maximum absolute atomic E-state index is 12.4. The van der Waals surface area contributed by atoms with E-state index in [1.54, 1.807) is 0 Å². The molecule has 0 bridgehead atoms. The topological polar surface area (TPSA) is 377 Å². The number of hydrogen-bond acceptors (Lipinski definition) is 19. The molecular formula is C52H111N17O6. The van der Waals surface area contributed by atoms with Gasteiger partial charge >= 0.3 is 0 Å². The molecule has 23 heteroatoms. The van der Waals surface area contributed by atoms with E-state index in [1.807, 2.05) is 0 Å². The molecule has 0 aliphatic carbocycles. The van der Waals surface area contributed by atoms with Gasteiger partial charge in [0, 0.05) is 51.9 Å². The molecule has 3 atom stereocenters. The minimum Gasteiger partial charge on any atom is -0.356 e. The van der Waals surface area contributed by atoms with Crippen molar-refractivity contribution in [3.05, 3.63) is 0 Å². The Balaban J connectivity index is 3.57. The predicted octanol–water partition coefficient (Wildman–Crippen LogP) is -2.60. The first kappa shape index (κ1) is 71.7. The summed E-state index contributed by atoms with van der Waals surface area (Å²) in [5.41, 5.74) is 28.9. The Morgan fingerprint density at radius 1 is 0.267 bits per heavy atom. The Labute approximate surface area is 452 Å². The summed E-state index contributed by atoms with van der Waals surface area (Å²) in [7, 11) is 0. The fourth-order valence-corrected chi connectivity index (χ4v) is 7.63. The second kappa shape index (κ2) is 55.5. The van der Waals surface area contributed by atoms with E-state index in [-0.39, 0.29) is 54.5 Å². The Hall–Kier alpha value is -3.30. The van der Waals surface area contributed by atoms with Gasteiger partial charge in [-0.05, 0) is 221 Å². The molecule has 0 saturated carbocycles. The van der Waals surface area contributed by atoms with Crippen molar-refractivity contribution in [2.75, 3.05) is 144 Å². The van der Waals surface area contributed by atoms with Gasteiger partial charge in [-0.15, -0.1) is 0 Å². The van der Waals surface area contributed by atoms with Crippen molar-refractivity contribution in [3.63, 3.8) is 0 Å². The molecule has 0 aromatic heterocycles. The molecule has 0 heterocycles. The normalized spacial score (nSPS) is 12.5. The monoisotopic (exact) mass is 1070 g/mol. The van der Waals surface area contributed by atoms with Crippen LogP contribution >= 0.6 is 0 Å². The molecule has 3 unspecified atom stereocenters. The Kier molecular flexibility index (Phi) is 53.0. The Morgan fingerprint density at radius 2 is 0.493 bits per heavy atom. The maximum atomic E-state index is 12.4. The van der Waals surface area contributed by atoms with E-state index >= 15 is 0 Å². The number of unbranched alkanes of at least 4 members (excludes halogenated alkanes) is 4. The van der Waals surface area contributed by atoms with Gasteiger partial charge in [0.15, 0.2) is 0 Å². The van der Waals surface area contributed by atoms with E-state index < -0.39 is 18.1 Å². The highest BCUT2D eigenvalue weighted by Crippen LogP contribution is 2.01. The van der Waals surface area contributed by atoms with Gasteiger partial charge in [0.25, 0.3) is 0 Å². The summed E-state index contributed by atoms with van der Waals surface area (Å²) < 4.78 is 0. The largest absolute Gasteiger partial charge is 0.356 e. The highest BCUT2D eigenvalue weighted by molar-refractivity contribution is 5.90. The van der Waals surface area contributed by atoms with Crippen LogP contribution in [0.1, 0.15) is 135 Å². The number of amides is 4. The molecule has 4 amide bonds. The predicted molar refractivity (Wildman–Crippen MR) is 304 cm³/mol. The standard InChI is InChI=1S/C52H111N17O6/c53-19-11-31-60-23-3-1-21-58-29-9-17-44(70)41-46(55)50(73)67-38-14-34-63-26-6-5-25-62-33-13-37-66-49(72)43-48(57)52(75)69-40-16-36-65-28-8-7-27-64-35-15-39-68-51(74)47(56)42-45(71)18-10-30-59-22-2-4-24-61-32-12-20-54/h46-48,58-65H,1-43,53-57H2,(H,66,72)(H,67,73)(H,68,74)(H,69,75). The van der Waals surface area contributed by atoms with Crippen LogP contribution < -0.4 is 92.5 Å². The lowest BCUT2D eigenvalue weighted by Crippen LogP contribution is -2.44. The molecule has 0 rings (SSSR count). The fourth-order valence-electron chi connectivity index (χ4n) is 7.63. The second-order valence-electron chi connectivity index (χ2n) is 19.5. The lowest BCUT2D eigenvalue weighted by atomic mass is 10.1. The van der Waals surface area contributed by atoms with Gasteiger partial charge < -0.3 is 92.5 Å². The summed E-state index contributed by atoms with van der Waals surface area (Å²) in [4.78, 5) is 73.8. The van der Waals surface area contributed by atoms with Crippen LogP contribution in [-0.2, 0) is 28.8 Å². The number of hydrogen-bond donors (Lipinski definition) is 17. The molecule has 0 radical (unpaired) electrons. The van der Waals surface area contributed by atoms with Gasteiger partial charge in [-0.1, -0.05) is 0 Å². The van der Waals surface area contributed by atoms with E-state index in [0.717, 1.165) is 207 Å². The summed E-state index contributed by atoms with van der Waals surface area (Å²) in [6.45, 7) is 17.3. The lowest BCUT2D eigenvalue weighted by molar-refractivity contribution is -0.127. The van der Waals surface area contributed by atoms with E-state index in [4.69, 9.17) is 28.7 Å². The van der Waals surface area contributed by atoms with Crippen molar-refractivity contribution in [1.82, 2.24) is 63.8 Å². The van der Waals surface area contributed by atoms with Crippen LogP contribution in [0.15, 0.2) is 0 Å². The lowest BCUT2D eigenvalue weighted by Gasteiger charge is -2.13. The second-order valence-corrected chi connectivity index (χ2v) is 19.5. The first-order valence-corrected chi connectivity index (χ1v) is 29.0. The number of rotatable bonds is 59. The van der Waals surface area contributed by atoms with E-state index in [2.05, 4.69) is 63.8 Å². The fraction of sp³-hybridized carbons (Fsp3) is 0.885. The first-order chi connectivity index (χ1) is 36.5.